The molecule has 0 bridgehead atoms. The van der Waals surface area contributed by atoms with Crippen LogP contribution in [0.2, 0.25) is 0 Å². The van der Waals surface area contributed by atoms with Crippen LogP contribution in [0.3, 0.4) is 0 Å². The van der Waals surface area contributed by atoms with Gasteiger partial charge in [-0.05, 0) is 33.5 Å². The highest BCUT2D eigenvalue weighted by atomic mass is 79.9. The summed E-state index contributed by atoms with van der Waals surface area (Å²) in [4.78, 5) is 23.4. The number of benzene rings is 1. The summed E-state index contributed by atoms with van der Waals surface area (Å²) in [6.07, 6.45) is 0. The maximum absolute atomic E-state index is 12.1. The molecule has 5 nitrogen and oxygen atoms in total. The monoisotopic (exact) mass is 406 g/mol. The Hall–Kier alpha value is -0.920. The lowest BCUT2D eigenvalue weighted by Gasteiger charge is -2.26. The van der Waals surface area contributed by atoms with Gasteiger partial charge in [0.05, 0.1) is 17.3 Å². The molecule has 0 fully saturated rings. The van der Waals surface area contributed by atoms with Crippen LogP contribution in [0.5, 0.6) is 0 Å². The number of amides is 1. The standard InChI is InChI=1S/C13H16Br2N2O3/c1-13(2,3)10(16)11(18)17-9-7(12(19)20)4-6(14)5-8(9)15/h4-5,10H,16H2,1-3H3,(H,17,18)(H,19,20). The largest absolute Gasteiger partial charge is 0.478 e. The molecule has 0 aliphatic heterocycles. The van der Waals surface area contributed by atoms with Crippen LogP contribution in [0.15, 0.2) is 21.1 Å². The van der Waals surface area contributed by atoms with Crippen LogP contribution >= 0.6 is 31.9 Å². The summed E-state index contributed by atoms with van der Waals surface area (Å²) in [7, 11) is 0. The topological polar surface area (TPSA) is 92.4 Å². The Bertz CT molecular complexity index is 553. The SMILES string of the molecule is CC(C)(C)C(N)C(=O)Nc1c(Br)cc(Br)cc1C(=O)O. The molecular formula is C13H16Br2N2O3. The summed E-state index contributed by atoms with van der Waals surface area (Å²) in [5.41, 5.74) is 5.63. The van der Waals surface area contributed by atoms with Crippen molar-refractivity contribution in [3.63, 3.8) is 0 Å². The van der Waals surface area contributed by atoms with Crippen LogP contribution < -0.4 is 11.1 Å². The zero-order valence-electron chi connectivity index (χ0n) is 11.3. The van der Waals surface area contributed by atoms with Crippen LogP contribution in [0.25, 0.3) is 0 Å². The molecule has 0 radical (unpaired) electrons. The Morgan fingerprint density at radius 3 is 2.30 bits per heavy atom. The van der Waals surface area contributed by atoms with Crippen molar-refractivity contribution in [2.75, 3.05) is 5.32 Å². The first kappa shape index (κ1) is 17.1. The number of carbonyl (C=O) groups is 2. The first-order valence-corrected chi connectivity index (χ1v) is 7.41. The summed E-state index contributed by atoms with van der Waals surface area (Å²) in [5.74, 6) is -1.56. The van der Waals surface area contributed by atoms with Gasteiger partial charge in [0.2, 0.25) is 5.91 Å². The molecule has 1 aromatic rings. The smallest absolute Gasteiger partial charge is 0.337 e. The minimum atomic E-state index is -1.13. The molecule has 7 heteroatoms. The van der Waals surface area contributed by atoms with Crippen LogP contribution in [-0.2, 0) is 4.79 Å². The van der Waals surface area contributed by atoms with Gasteiger partial charge in [-0.1, -0.05) is 36.7 Å². The van der Waals surface area contributed by atoms with Crippen molar-refractivity contribution >= 4 is 49.4 Å². The predicted octanol–water partition coefficient (Wildman–Crippen LogP) is 3.22. The van der Waals surface area contributed by atoms with Gasteiger partial charge in [-0.15, -0.1) is 0 Å². The molecule has 20 heavy (non-hydrogen) atoms. The van der Waals surface area contributed by atoms with E-state index in [1.807, 2.05) is 20.8 Å². The van der Waals surface area contributed by atoms with E-state index in [-0.39, 0.29) is 11.3 Å². The van der Waals surface area contributed by atoms with Crippen molar-refractivity contribution < 1.29 is 14.7 Å². The van der Waals surface area contributed by atoms with E-state index < -0.39 is 23.3 Å². The number of aromatic carboxylic acids is 1. The van der Waals surface area contributed by atoms with Crippen LogP contribution in [-0.4, -0.2) is 23.0 Å². The number of nitrogens with two attached hydrogens (primary N) is 1. The van der Waals surface area contributed by atoms with E-state index in [1.54, 1.807) is 6.07 Å². The van der Waals surface area contributed by atoms with Gasteiger partial charge in [0.15, 0.2) is 0 Å². The first-order chi connectivity index (χ1) is 9.04. The summed E-state index contributed by atoms with van der Waals surface area (Å²) in [6.45, 7) is 5.52. The second kappa shape index (κ2) is 6.24. The number of hydrogen-bond acceptors (Lipinski definition) is 3. The van der Waals surface area contributed by atoms with Gasteiger partial charge in [-0.3, -0.25) is 4.79 Å². The summed E-state index contributed by atoms with van der Waals surface area (Å²) in [6, 6.07) is 2.33. The highest BCUT2D eigenvalue weighted by Gasteiger charge is 2.29. The Labute approximate surface area is 134 Å². The third-order valence-electron chi connectivity index (χ3n) is 2.75. The Kier molecular flexibility index (Phi) is 5.34. The molecule has 4 N–H and O–H groups in total. The second-order valence-corrected chi connectivity index (χ2v) is 7.22. The normalized spacial score (nSPS) is 12.9. The van der Waals surface area contributed by atoms with Crippen molar-refractivity contribution in [1.29, 1.82) is 0 Å². The zero-order chi connectivity index (χ0) is 15.7. The van der Waals surface area contributed by atoms with E-state index >= 15 is 0 Å². The van der Waals surface area contributed by atoms with Gasteiger partial charge in [-0.25, -0.2) is 4.79 Å². The van der Waals surface area contributed by atoms with Gasteiger partial charge in [0.25, 0.3) is 0 Å². The third-order valence-corrected chi connectivity index (χ3v) is 3.83. The van der Waals surface area contributed by atoms with Crippen LogP contribution in [0.1, 0.15) is 31.1 Å². The maximum atomic E-state index is 12.1. The molecule has 1 aromatic carbocycles. The molecule has 110 valence electrons. The highest BCUT2D eigenvalue weighted by molar-refractivity contribution is 9.11. The fourth-order valence-electron chi connectivity index (χ4n) is 1.46. The number of halogens is 2. The van der Waals surface area contributed by atoms with Gasteiger partial charge in [0, 0.05) is 8.95 Å². The molecule has 0 aliphatic carbocycles. The summed E-state index contributed by atoms with van der Waals surface area (Å²) >= 11 is 6.46. The molecule has 1 rings (SSSR count). The van der Waals surface area contributed by atoms with Gasteiger partial charge >= 0.3 is 5.97 Å². The number of hydrogen-bond donors (Lipinski definition) is 3. The average molecular weight is 408 g/mol. The van der Waals surface area contributed by atoms with E-state index in [9.17, 15) is 14.7 Å². The van der Waals surface area contributed by atoms with E-state index in [0.717, 1.165) is 0 Å². The van der Waals surface area contributed by atoms with E-state index in [1.165, 1.54) is 6.07 Å². The summed E-state index contributed by atoms with van der Waals surface area (Å²) in [5, 5.41) is 11.8. The lowest BCUT2D eigenvalue weighted by molar-refractivity contribution is -0.119. The van der Waals surface area contributed by atoms with Crippen molar-refractivity contribution in [1.82, 2.24) is 0 Å². The first-order valence-electron chi connectivity index (χ1n) is 5.83. The lowest BCUT2D eigenvalue weighted by atomic mass is 9.87. The number of anilines is 1. The van der Waals surface area contributed by atoms with Crippen LogP contribution in [0, 0.1) is 5.41 Å². The summed E-state index contributed by atoms with van der Waals surface area (Å²) < 4.78 is 1.07. The molecule has 0 aromatic heterocycles. The maximum Gasteiger partial charge on any atom is 0.337 e. The van der Waals surface area contributed by atoms with Crippen molar-refractivity contribution in [2.45, 2.75) is 26.8 Å². The van der Waals surface area contributed by atoms with Gasteiger partial charge in [-0.2, -0.15) is 0 Å². The molecule has 0 aliphatic rings. The van der Waals surface area contributed by atoms with Gasteiger partial charge in [0.1, 0.15) is 0 Å². The number of rotatable bonds is 3. The van der Waals surface area contributed by atoms with Gasteiger partial charge < -0.3 is 16.2 Å². The molecule has 0 spiro atoms. The quantitative estimate of drug-likeness (QED) is 0.717. The second-order valence-electron chi connectivity index (χ2n) is 5.45. The number of carboxylic acid groups (broad SMARTS) is 1. The molecule has 0 saturated carbocycles. The number of carboxylic acids is 1. The highest BCUT2D eigenvalue weighted by Crippen LogP contribution is 2.31. The van der Waals surface area contributed by atoms with E-state index in [0.29, 0.717) is 8.95 Å². The lowest BCUT2D eigenvalue weighted by Crippen LogP contribution is -2.45. The van der Waals surface area contributed by atoms with Crippen LogP contribution in [0.4, 0.5) is 5.69 Å². The number of carbonyl (C=O) groups excluding carboxylic acids is 1. The molecule has 0 heterocycles. The molecule has 1 amide bonds. The Morgan fingerprint density at radius 2 is 1.85 bits per heavy atom. The van der Waals surface area contributed by atoms with Crippen molar-refractivity contribution in [3.05, 3.63) is 26.6 Å². The Morgan fingerprint density at radius 1 is 1.30 bits per heavy atom. The molecule has 1 atom stereocenters. The molecule has 1 unspecified atom stereocenters. The predicted molar refractivity (Wildman–Crippen MR) is 84.9 cm³/mol. The fraction of sp³-hybridized carbons (Fsp3) is 0.385. The number of nitrogens with one attached hydrogen (secondary N) is 1. The molecular weight excluding hydrogens is 392 g/mol. The zero-order valence-corrected chi connectivity index (χ0v) is 14.5. The molecule has 0 saturated heterocycles. The third kappa shape index (κ3) is 4.04. The van der Waals surface area contributed by atoms with Crippen molar-refractivity contribution in [3.8, 4) is 0 Å². The van der Waals surface area contributed by atoms with Crippen molar-refractivity contribution in [2.24, 2.45) is 11.1 Å². The Balaban J connectivity index is 3.16. The average Bonchev–Trinajstić information content (AvgIpc) is 2.29. The van der Waals surface area contributed by atoms with E-state index in [2.05, 4.69) is 37.2 Å². The fourth-order valence-corrected chi connectivity index (χ4v) is 2.79. The minimum absolute atomic E-state index is 0.0132. The van der Waals surface area contributed by atoms with E-state index in [4.69, 9.17) is 5.73 Å². The minimum Gasteiger partial charge on any atom is -0.478 e.